The Morgan fingerprint density at radius 3 is 2.42 bits per heavy atom. The third kappa shape index (κ3) is 6.16. The molecule has 1 aromatic rings. The Bertz CT molecular complexity index is 644. The fraction of sp³-hybridized carbons (Fsp3) is 0.667. The summed E-state index contributed by atoms with van der Waals surface area (Å²) in [4.78, 5) is 2.11. The average molecular weight is 378 g/mol. The molecular formula is C18H28KNO3S. The van der Waals surface area contributed by atoms with Crippen LogP contribution < -0.4 is 51.4 Å². The molecule has 0 N–H and O–H groups in total. The third-order valence-electron chi connectivity index (χ3n) is 4.72. The topological polar surface area (TPSA) is 60.4 Å². The van der Waals surface area contributed by atoms with Crippen molar-refractivity contribution in [3.8, 4) is 0 Å². The van der Waals surface area contributed by atoms with E-state index in [0.717, 1.165) is 19.5 Å². The van der Waals surface area contributed by atoms with Crippen molar-refractivity contribution in [2.45, 2.75) is 64.2 Å². The van der Waals surface area contributed by atoms with Crippen LogP contribution in [0.3, 0.4) is 0 Å². The number of benzene rings is 1. The van der Waals surface area contributed by atoms with Crippen molar-refractivity contribution >= 4 is 10.1 Å². The zero-order chi connectivity index (χ0) is 17.2. The van der Waals surface area contributed by atoms with E-state index in [1.165, 1.54) is 16.7 Å². The monoisotopic (exact) mass is 377 g/mol. The SMILES string of the molecule is CC(C)c1ccc(CN2CCCC(S(=O)(=O)[O-])C2)c(C(C)C)c1.[K+]. The third-order valence-corrected chi connectivity index (χ3v) is 5.92. The number of nitrogens with zero attached hydrogens (tertiary/aromatic N) is 1. The Hall–Kier alpha value is 0.726. The molecular weight excluding hydrogens is 349 g/mol. The second-order valence-electron chi connectivity index (χ2n) is 7.26. The molecule has 0 aliphatic carbocycles. The Labute approximate surface area is 189 Å². The molecule has 1 aliphatic heterocycles. The molecule has 1 unspecified atom stereocenters. The van der Waals surface area contributed by atoms with Crippen molar-refractivity contribution in [2.24, 2.45) is 0 Å². The van der Waals surface area contributed by atoms with Crippen LogP contribution in [0, 0.1) is 0 Å². The molecule has 1 fully saturated rings. The van der Waals surface area contributed by atoms with E-state index >= 15 is 0 Å². The fourth-order valence-corrected chi connectivity index (χ4v) is 4.14. The van der Waals surface area contributed by atoms with Gasteiger partial charge in [0.25, 0.3) is 0 Å². The predicted molar refractivity (Wildman–Crippen MR) is 92.6 cm³/mol. The van der Waals surface area contributed by atoms with Crippen LogP contribution in [-0.2, 0) is 16.7 Å². The minimum Gasteiger partial charge on any atom is -0.748 e. The van der Waals surface area contributed by atoms with Gasteiger partial charge in [-0.2, -0.15) is 0 Å². The van der Waals surface area contributed by atoms with E-state index in [0.29, 0.717) is 24.8 Å². The molecule has 1 atom stereocenters. The zero-order valence-electron chi connectivity index (χ0n) is 15.6. The van der Waals surface area contributed by atoms with Gasteiger partial charge in [-0.05, 0) is 47.9 Å². The second-order valence-corrected chi connectivity index (χ2v) is 8.91. The van der Waals surface area contributed by atoms with Crippen molar-refractivity contribution in [2.75, 3.05) is 13.1 Å². The first-order valence-electron chi connectivity index (χ1n) is 8.48. The van der Waals surface area contributed by atoms with Crippen LogP contribution in [0.1, 0.15) is 69.1 Å². The molecule has 1 heterocycles. The molecule has 0 aromatic heterocycles. The first-order valence-corrected chi connectivity index (χ1v) is 9.95. The molecule has 24 heavy (non-hydrogen) atoms. The minimum atomic E-state index is -4.19. The molecule has 4 nitrogen and oxygen atoms in total. The Morgan fingerprint density at radius 1 is 1.21 bits per heavy atom. The minimum absolute atomic E-state index is 0. The van der Waals surface area contributed by atoms with E-state index < -0.39 is 15.4 Å². The molecule has 0 amide bonds. The quantitative estimate of drug-likeness (QED) is 0.552. The fourth-order valence-electron chi connectivity index (χ4n) is 3.29. The van der Waals surface area contributed by atoms with E-state index in [4.69, 9.17) is 0 Å². The van der Waals surface area contributed by atoms with Gasteiger partial charge in [0.15, 0.2) is 0 Å². The van der Waals surface area contributed by atoms with Crippen LogP contribution >= 0.6 is 0 Å². The smallest absolute Gasteiger partial charge is 0.748 e. The second kappa shape index (κ2) is 9.60. The molecule has 130 valence electrons. The Kier molecular flexibility index (Phi) is 9.11. The molecule has 0 bridgehead atoms. The van der Waals surface area contributed by atoms with Gasteiger partial charge in [0, 0.05) is 13.1 Å². The van der Waals surface area contributed by atoms with Crippen LogP contribution in [0.5, 0.6) is 0 Å². The molecule has 0 spiro atoms. The summed E-state index contributed by atoms with van der Waals surface area (Å²) in [6.45, 7) is 10.7. The molecule has 0 saturated carbocycles. The van der Waals surface area contributed by atoms with Gasteiger partial charge in [0.05, 0.1) is 15.4 Å². The van der Waals surface area contributed by atoms with E-state index in [-0.39, 0.29) is 51.4 Å². The standard InChI is InChI=1S/C18H29NO3S.K/c1-13(2)15-7-8-16(18(10-15)14(3)4)11-19-9-5-6-17(12-19)23(20,21)22;/h7-8,10,13-14,17H,5-6,9,11-12H2,1-4H3,(H,20,21,22);/q;+1/p-1. The normalized spacial score (nSPS) is 19.5. The Morgan fingerprint density at radius 2 is 1.88 bits per heavy atom. The number of hydrogen-bond donors (Lipinski definition) is 0. The summed E-state index contributed by atoms with van der Waals surface area (Å²) in [5, 5.41) is -0.756. The largest absolute Gasteiger partial charge is 1.00 e. The molecule has 1 saturated heterocycles. The van der Waals surface area contributed by atoms with Crippen molar-refractivity contribution in [3.05, 3.63) is 34.9 Å². The van der Waals surface area contributed by atoms with Gasteiger partial charge in [-0.3, -0.25) is 4.90 Å². The number of likely N-dealkylation sites (tertiary alicyclic amines) is 1. The number of hydrogen-bond acceptors (Lipinski definition) is 4. The van der Waals surface area contributed by atoms with E-state index in [2.05, 4.69) is 50.8 Å². The van der Waals surface area contributed by atoms with Crippen LogP contribution in [0.4, 0.5) is 0 Å². The van der Waals surface area contributed by atoms with Crippen LogP contribution in [0.25, 0.3) is 0 Å². The first kappa shape index (κ1) is 22.8. The van der Waals surface area contributed by atoms with E-state index in [9.17, 15) is 13.0 Å². The zero-order valence-corrected chi connectivity index (χ0v) is 19.5. The van der Waals surface area contributed by atoms with Crippen molar-refractivity contribution in [3.63, 3.8) is 0 Å². The van der Waals surface area contributed by atoms with Crippen molar-refractivity contribution in [1.29, 1.82) is 0 Å². The predicted octanol–water partition coefficient (Wildman–Crippen LogP) is 0.447. The molecule has 6 heteroatoms. The molecule has 1 aliphatic rings. The number of rotatable bonds is 5. The molecule has 2 rings (SSSR count). The first-order chi connectivity index (χ1) is 10.7. The van der Waals surface area contributed by atoms with Crippen molar-refractivity contribution in [1.82, 2.24) is 4.90 Å². The maximum atomic E-state index is 11.3. The summed E-state index contributed by atoms with van der Waals surface area (Å²) in [6, 6.07) is 6.61. The Balaban J connectivity index is 0.00000288. The summed E-state index contributed by atoms with van der Waals surface area (Å²) in [5.41, 5.74) is 3.90. The molecule has 1 aromatic carbocycles. The maximum absolute atomic E-state index is 11.3. The van der Waals surface area contributed by atoms with Crippen LogP contribution in [0.15, 0.2) is 18.2 Å². The van der Waals surface area contributed by atoms with E-state index in [1.807, 2.05) is 0 Å². The average Bonchev–Trinajstić information content (AvgIpc) is 2.46. The summed E-state index contributed by atoms with van der Waals surface area (Å²) >= 11 is 0. The van der Waals surface area contributed by atoms with Gasteiger partial charge < -0.3 is 4.55 Å². The summed E-state index contributed by atoms with van der Waals surface area (Å²) in [7, 11) is -4.19. The van der Waals surface area contributed by atoms with Gasteiger partial charge in [0.2, 0.25) is 0 Å². The van der Waals surface area contributed by atoms with Crippen molar-refractivity contribution < 1.29 is 64.4 Å². The maximum Gasteiger partial charge on any atom is 1.00 e. The van der Waals surface area contributed by atoms with Crippen LogP contribution in [0.2, 0.25) is 0 Å². The summed E-state index contributed by atoms with van der Waals surface area (Å²) in [6.07, 6.45) is 1.26. The van der Waals surface area contributed by atoms with Gasteiger partial charge >= 0.3 is 51.4 Å². The molecule has 0 radical (unpaired) electrons. The van der Waals surface area contributed by atoms with Gasteiger partial charge in [-0.1, -0.05) is 45.9 Å². The summed E-state index contributed by atoms with van der Waals surface area (Å²) < 4.78 is 33.9. The van der Waals surface area contributed by atoms with E-state index in [1.54, 1.807) is 0 Å². The van der Waals surface area contributed by atoms with Gasteiger partial charge in [0.1, 0.15) is 0 Å². The summed E-state index contributed by atoms with van der Waals surface area (Å²) in [5.74, 6) is 0.916. The van der Waals surface area contributed by atoms with Crippen LogP contribution in [-0.4, -0.2) is 36.2 Å². The number of piperidine rings is 1. The van der Waals surface area contributed by atoms with Gasteiger partial charge in [-0.15, -0.1) is 0 Å². The van der Waals surface area contributed by atoms with Gasteiger partial charge in [-0.25, -0.2) is 8.42 Å².